The number of rotatable bonds is 11. The van der Waals surface area contributed by atoms with Crippen molar-refractivity contribution in [2.24, 2.45) is 5.73 Å². The van der Waals surface area contributed by atoms with Crippen molar-refractivity contribution >= 4 is 90.1 Å². The Bertz CT molecular complexity index is 3760. The van der Waals surface area contributed by atoms with Gasteiger partial charge in [0, 0.05) is 138 Å². The van der Waals surface area contributed by atoms with Crippen molar-refractivity contribution in [3.8, 4) is 0 Å². The van der Waals surface area contributed by atoms with E-state index in [-0.39, 0.29) is 37.8 Å². The number of carbonyl (C=O) groups is 2. The van der Waals surface area contributed by atoms with E-state index >= 15 is 0 Å². The number of piperidine rings is 2. The van der Waals surface area contributed by atoms with Gasteiger partial charge in [-0.15, -0.1) is 0 Å². The van der Waals surface area contributed by atoms with Gasteiger partial charge >= 0.3 is 5.97 Å². The maximum absolute atomic E-state index is 14.5. The normalized spacial score (nSPS) is 13.4. The lowest BCUT2D eigenvalue weighted by Gasteiger charge is -2.28. The summed E-state index contributed by atoms with van der Waals surface area (Å²) < 4.78 is 27.7. The molecule has 10 aromatic rings. The molecular formula is C61H60Cl2F2N10O3. The van der Waals surface area contributed by atoms with Crippen LogP contribution in [0.2, 0.25) is 10.0 Å². The lowest BCUT2D eigenvalue weighted by atomic mass is 10.0. The SMILES string of the molecule is C.NCc1cc2c(Cl)c[nH]c2cc1F.O=C(NCc1cc2c(Cl)c[nH]c2cc1F)c1ccnc(Cc2ccc3ncc(N4CCCCC4)cc3c2)c1.O=C(O)c1ccnc(Cc2ccc3ncc(N4CCCCC4)cc3c2)c1. The zero-order valence-electron chi connectivity index (χ0n) is 42.1. The van der Waals surface area contributed by atoms with Crippen LogP contribution < -0.4 is 20.9 Å². The van der Waals surface area contributed by atoms with Crippen molar-refractivity contribution in [1.82, 2.24) is 35.2 Å². The van der Waals surface area contributed by atoms with Crippen LogP contribution >= 0.6 is 23.2 Å². The Balaban J connectivity index is 0.000000159. The van der Waals surface area contributed by atoms with E-state index in [9.17, 15) is 18.4 Å². The van der Waals surface area contributed by atoms with Crippen LogP contribution in [-0.4, -0.2) is 73.1 Å². The number of anilines is 2. The summed E-state index contributed by atoms with van der Waals surface area (Å²) in [5.41, 5.74) is 16.3. The highest BCUT2D eigenvalue weighted by atomic mass is 35.5. The van der Waals surface area contributed by atoms with Gasteiger partial charge in [0.15, 0.2) is 0 Å². The molecule has 13 nitrogen and oxygen atoms in total. The molecule has 0 aliphatic carbocycles. The maximum atomic E-state index is 14.5. The summed E-state index contributed by atoms with van der Waals surface area (Å²) in [5.74, 6) is -1.92. The Morgan fingerprint density at radius 1 is 0.603 bits per heavy atom. The summed E-state index contributed by atoms with van der Waals surface area (Å²) in [4.78, 5) is 52.7. The van der Waals surface area contributed by atoms with Crippen molar-refractivity contribution < 1.29 is 23.5 Å². The van der Waals surface area contributed by atoms with E-state index in [0.29, 0.717) is 50.6 Å². The molecule has 2 saturated heterocycles. The number of fused-ring (bicyclic) bond motifs is 4. The average molecular weight is 1090 g/mol. The van der Waals surface area contributed by atoms with Gasteiger partial charge in [-0.05, 0) is 135 Å². The van der Waals surface area contributed by atoms with Crippen molar-refractivity contribution in [1.29, 1.82) is 0 Å². The first-order valence-corrected chi connectivity index (χ1v) is 26.5. The van der Waals surface area contributed by atoms with Gasteiger partial charge < -0.3 is 35.9 Å². The third kappa shape index (κ3) is 13.0. The molecule has 8 heterocycles. The fourth-order valence-electron chi connectivity index (χ4n) is 9.93. The molecule has 2 fully saturated rings. The molecular weight excluding hydrogens is 1030 g/mol. The zero-order chi connectivity index (χ0) is 53.4. The second kappa shape index (κ2) is 25.0. The molecule has 4 aromatic carbocycles. The molecule has 2 aliphatic heterocycles. The Morgan fingerprint density at radius 2 is 1.08 bits per heavy atom. The maximum Gasteiger partial charge on any atom is 0.335 e. The molecule has 0 bridgehead atoms. The molecule has 2 aliphatic rings. The molecule has 0 atom stereocenters. The summed E-state index contributed by atoms with van der Waals surface area (Å²) in [5, 5.41) is 16.8. The Kier molecular flexibility index (Phi) is 17.6. The minimum absolute atomic E-state index is 0. The molecule has 0 spiro atoms. The van der Waals surface area contributed by atoms with E-state index in [2.05, 4.69) is 75.4 Å². The first kappa shape index (κ1) is 54.8. The van der Waals surface area contributed by atoms with Crippen LogP contribution in [0.1, 0.15) is 100 Å². The molecule has 1 amide bonds. The Hall–Kier alpha value is -7.98. The molecule has 0 unspecified atom stereocenters. The van der Waals surface area contributed by atoms with Crippen LogP contribution in [0.15, 0.2) is 134 Å². The Labute approximate surface area is 460 Å². The number of carbonyl (C=O) groups excluding carboxylic acids is 1. The third-order valence-electron chi connectivity index (χ3n) is 14.1. The zero-order valence-corrected chi connectivity index (χ0v) is 43.6. The van der Waals surface area contributed by atoms with E-state index in [1.54, 1.807) is 55.1 Å². The Morgan fingerprint density at radius 3 is 1.58 bits per heavy atom. The molecule has 6 N–H and O–H groups in total. The standard InChI is InChI=1S/C30H27ClFN5O.C21H21N3O2.C9H8ClFN2.CH4/c31-26-18-35-29-15-27(32)22(14-25(26)29)16-36-30(38)20-6-7-33-23(12-20)11-19-4-5-28-21(10-19)13-24(17-34-28)37-8-2-1-3-9-37;25-21(26)16-6-7-22-18(12-16)11-15-4-5-20-17(10-15)13-19(14-23-20)24-8-2-1-3-9-24;10-7-4-13-9-2-8(11)5(3-12)1-6(7)9;/h4-7,10,12-15,17-18,35H,1-3,8-9,11,16H2,(H,36,38);4-7,10,12-14H,1-3,8-9,11H2,(H,25,26);1-2,4,13H,3,12H2;1H4. The van der Waals surface area contributed by atoms with Gasteiger partial charge in [-0.2, -0.15) is 0 Å². The number of pyridine rings is 4. The monoisotopic (exact) mass is 1090 g/mol. The van der Waals surface area contributed by atoms with Gasteiger partial charge in [0.1, 0.15) is 11.6 Å². The molecule has 17 heteroatoms. The van der Waals surface area contributed by atoms with Crippen LogP contribution in [0.5, 0.6) is 0 Å². The average Bonchev–Trinajstić information content (AvgIpc) is 4.04. The van der Waals surface area contributed by atoms with Gasteiger partial charge in [-0.25, -0.2) is 13.6 Å². The van der Waals surface area contributed by atoms with Crippen LogP contribution in [0.25, 0.3) is 43.6 Å². The summed E-state index contributed by atoms with van der Waals surface area (Å²) in [6.07, 6.45) is 19.1. The number of benzene rings is 4. The lowest BCUT2D eigenvalue weighted by Crippen LogP contribution is -2.29. The predicted octanol–water partition coefficient (Wildman–Crippen LogP) is 13.4. The molecule has 6 aromatic heterocycles. The van der Waals surface area contributed by atoms with E-state index in [1.807, 2.05) is 30.6 Å². The number of hydrogen-bond acceptors (Lipinski definition) is 9. The van der Waals surface area contributed by atoms with Crippen LogP contribution in [0, 0.1) is 11.6 Å². The van der Waals surface area contributed by atoms with Gasteiger partial charge in [-0.1, -0.05) is 42.8 Å². The van der Waals surface area contributed by atoms with Crippen molar-refractivity contribution in [2.75, 3.05) is 36.0 Å². The van der Waals surface area contributed by atoms with E-state index < -0.39 is 11.8 Å². The van der Waals surface area contributed by atoms with Crippen LogP contribution in [0.3, 0.4) is 0 Å². The number of aromatic carboxylic acids is 1. The summed E-state index contributed by atoms with van der Waals surface area (Å²) >= 11 is 12.0. The summed E-state index contributed by atoms with van der Waals surface area (Å²) in [7, 11) is 0. The molecule has 0 radical (unpaired) electrons. The smallest absolute Gasteiger partial charge is 0.335 e. The fraction of sp³-hybridized carbons (Fsp3) is 0.246. The van der Waals surface area contributed by atoms with Crippen LogP contribution in [-0.2, 0) is 25.9 Å². The number of amides is 1. The van der Waals surface area contributed by atoms with Crippen molar-refractivity contribution in [2.45, 2.75) is 71.9 Å². The van der Waals surface area contributed by atoms with Gasteiger partial charge in [0.2, 0.25) is 0 Å². The quantitative estimate of drug-likeness (QED) is 0.0836. The second-order valence-corrected chi connectivity index (χ2v) is 20.2. The number of aromatic nitrogens is 6. The van der Waals surface area contributed by atoms with Crippen molar-refractivity contribution in [3.63, 3.8) is 0 Å². The topological polar surface area (TPSA) is 182 Å². The first-order chi connectivity index (χ1) is 37.4. The van der Waals surface area contributed by atoms with Gasteiger partial charge in [-0.3, -0.25) is 24.7 Å². The van der Waals surface area contributed by atoms with Gasteiger partial charge in [0.05, 0.1) is 50.4 Å². The van der Waals surface area contributed by atoms with Crippen LogP contribution in [0.4, 0.5) is 20.2 Å². The molecule has 12 rings (SSSR count). The highest BCUT2D eigenvalue weighted by Crippen LogP contribution is 2.29. The number of nitrogens with two attached hydrogens (primary N) is 1. The third-order valence-corrected chi connectivity index (χ3v) is 14.7. The molecule has 78 heavy (non-hydrogen) atoms. The lowest BCUT2D eigenvalue weighted by molar-refractivity contribution is 0.0696. The number of hydrogen-bond donors (Lipinski definition) is 5. The molecule has 0 saturated carbocycles. The highest BCUT2D eigenvalue weighted by molar-refractivity contribution is 6.36. The largest absolute Gasteiger partial charge is 0.478 e. The number of nitrogens with zero attached hydrogens (tertiary/aromatic N) is 6. The minimum Gasteiger partial charge on any atom is -0.478 e. The second-order valence-electron chi connectivity index (χ2n) is 19.4. The van der Waals surface area contributed by atoms with Crippen molar-refractivity contribution in [3.05, 3.63) is 201 Å². The number of nitrogens with one attached hydrogen (secondary N) is 3. The summed E-state index contributed by atoms with van der Waals surface area (Å²) in [6, 6.07) is 29.6. The first-order valence-electron chi connectivity index (χ1n) is 25.7. The number of aromatic amines is 2. The molecule has 400 valence electrons. The minimum atomic E-state index is -0.928. The number of halogens is 4. The number of carboxylic acid groups (broad SMARTS) is 1. The number of carboxylic acids is 1. The predicted molar refractivity (Wildman–Crippen MR) is 309 cm³/mol. The number of H-pyrrole nitrogens is 2. The van der Waals surface area contributed by atoms with E-state index in [1.165, 1.54) is 68.1 Å². The van der Waals surface area contributed by atoms with E-state index in [4.69, 9.17) is 34.0 Å². The highest BCUT2D eigenvalue weighted by Gasteiger charge is 2.16. The van der Waals surface area contributed by atoms with Gasteiger partial charge in [0.25, 0.3) is 5.91 Å². The summed E-state index contributed by atoms with van der Waals surface area (Å²) in [6.45, 7) is 4.58. The fourth-order valence-corrected chi connectivity index (χ4v) is 10.4. The van der Waals surface area contributed by atoms with E-state index in [0.717, 1.165) is 81.3 Å².